The smallest absolute Gasteiger partial charge is 0.292 e. The van der Waals surface area contributed by atoms with Gasteiger partial charge < -0.3 is 14.5 Å². The third kappa shape index (κ3) is 3.60. The minimum atomic E-state index is -0.291. The van der Waals surface area contributed by atoms with Gasteiger partial charge in [-0.05, 0) is 31.2 Å². The molecule has 2 aliphatic rings. The summed E-state index contributed by atoms with van der Waals surface area (Å²) >= 11 is 0. The van der Waals surface area contributed by atoms with E-state index in [1.54, 1.807) is 12.1 Å². The molecule has 0 spiro atoms. The van der Waals surface area contributed by atoms with E-state index in [1.165, 1.54) is 15.5 Å². The van der Waals surface area contributed by atoms with Gasteiger partial charge in [0.1, 0.15) is 5.75 Å². The van der Waals surface area contributed by atoms with E-state index in [-0.39, 0.29) is 24.3 Å². The van der Waals surface area contributed by atoms with E-state index in [1.807, 2.05) is 37.3 Å². The first-order valence-corrected chi connectivity index (χ1v) is 9.91. The molecule has 0 unspecified atom stereocenters. The largest absolute Gasteiger partial charge is 0.494 e. The maximum atomic E-state index is 13.1. The van der Waals surface area contributed by atoms with Gasteiger partial charge in [0.2, 0.25) is 5.91 Å². The number of hydrogen-bond acceptors (Lipinski definition) is 4. The number of imide groups is 1. The Kier molecular flexibility index (Phi) is 5.30. The molecule has 0 saturated carbocycles. The first kappa shape index (κ1) is 18.5. The molecule has 28 heavy (non-hydrogen) atoms. The fraction of sp³-hybridized carbons (Fsp3) is 0.364. The van der Waals surface area contributed by atoms with Crippen molar-refractivity contribution in [2.75, 3.05) is 42.6 Å². The zero-order chi connectivity index (χ0) is 19.5. The molecule has 1 N–H and O–H groups in total. The Morgan fingerprint density at radius 1 is 1.00 bits per heavy atom. The van der Waals surface area contributed by atoms with Gasteiger partial charge >= 0.3 is 0 Å². The SMILES string of the molecule is CCOc1cccc(N2C(=O)C[C@@H]([NH+]3CCN(c4ccccc4)CC3)C2=O)c1. The van der Waals surface area contributed by atoms with Crippen LogP contribution in [0.1, 0.15) is 13.3 Å². The van der Waals surface area contributed by atoms with Crippen LogP contribution >= 0.6 is 0 Å². The average Bonchev–Trinajstić information content (AvgIpc) is 3.03. The van der Waals surface area contributed by atoms with Crippen LogP contribution in [0.15, 0.2) is 54.6 Å². The van der Waals surface area contributed by atoms with Crippen molar-refractivity contribution in [3.8, 4) is 5.75 Å². The number of carbonyl (C=O) groups is 2. The van der Waals surface area contributed by atoms with Crippen molar-refractivity contribution in [2.45, 2.75) is 19.4 Å². The maximum absolute atomic E-state index is 13.1. The van der Waals surface area contributed by atoms with Crippen molar-refractivity contribution in [1.29, 1.82) is 0 Å². The first-order chi connectivity index (χ1) is 13.7. The number of piperazine rings is 1. The first-order valence-electron chi connectivity index (χ1n) is 9.91. The molecular weight excluding hydrogens is 354 g/mol. The number of para-hydroxylation sites is 1. The summed E-state index contributed by atoms with van der Waals surface area (Å²) in [5, 5.41) is 0. The third-order valence-corrected chi connectivity index (χ3v) is 5.55. The molecule has 0 aliphatic carbocycles. The van der Waals surface area contributed by atoms with Gasteiger partial charge in [-0.3, -0.25) is 9.59 Å². The number of anilines is 2. The lowest BCUT2D eigenvalue weighted by atomic mass is 10.1. The highest BCUT2D eigenvalue weighted by Gasteiger charge is 2.46. The Labute approximate surface area is 165 Å². The average molecular weight is 380 g/mol. The highest BCUT2D eigenvalue weighted by atomic mass is 16.5. The van der Waals surface area contributed by atoms with Crippen molar-refractivity contribution in [1.82, 2.24) is 0 Å². The molecule has 1 atom stereocenters. The van der Waals surface area contributed by atoms with Crippen molar-refractivity contribution in [3.05, 3.63) is 54.6 Å². The Hall–Kier alpha value is -2.86. The van der Waals surface area contributed by atoms with Crippen LogP contribution in [0.2, 0.25) is 0 Å². The quantitative estimate of drug-likeness (QED) is 0.790. The fourth-order valence-corrected chi connectivity index (χ4v) is 4.14. The van der Waals surface area contributed by atoms with E-state index in [2.05, 4.69) is 17.0 Å². The molecule has 0 aromatic heterocycles. The molecule has 0 bridgehead atoms. The number of benzene rings is 2. The highest BCUT2D eigenvalue weighted by Crippen LogP contribution is 2.26. The van der Waals surface area contributed by atoms with E-state index >= 15 is 0 Å². The summed E-state index contributed by atoms with van der Waals surface area (Å²) in [5.74, 6) is 0.455. The van der Waals surface area contributed by atoms with Crippen LogP contribution in [0.25, 0.3) is 0 Å². The van der Waals surface area contributed by atoms with E-state index in [9.17, 15) is 9.59 Å². The molecule has 0 radical (unpaired) electrons. The Bertz CT molecular complexity index is 847. The van der Waals surface area contributed by atoms with E-state index in [0.29, 0.717) is 18.0 Å². The van der Waals surface area contributed by atoms with Gasteiger partial charge in [-0.25, -0.2) is 4.90 Å². The van der Waals surface area contributed by atoms with Gasteiger partial charge in [0, 0.05) is 11.8 Å². The van der Waals surface area contributed by atoms with Gasteiger partial charge in [0.15, 0.2) is 6.04 Å². The molecule has 2 fully saturated rings. The summed E-state index contributed by atoms with van der Waals surface area (Å²) < 4.78 is 5.51. The fourth-order valence-electron chi connectivity index (χ4n) is 4.14. The topological polar surface area (TPSA) is 54.3 Å². The van der Waals surface area contributed by atoms with Crippen molar-refractivity contribution >= 4 is 23.2 Å². The molecule has 2 amide bonds. The van der Waals surface area contributed by atoms with E-state index in [4.69, 9.17) is 4.74 Å². The number of ether oxygens (including phenoxy) is 1. The summed E-state index contributed by atoms with van der Waals surface area (Å²) in [6.07, 6.45) is 0.276. The van der Waals surface area contributed by atoms with Crippen LogP contribution in [0.3, 0.4) is 0 Å². The van der Waals surface area contributed by atoms with Crippen molar-refractivity contribution in [2.24, 2.45) is 0 Å². The predicted octanol–water partition coefficient (Wildman–Crippen LogP) is 1.12. The zero-order valence-electron chi connectivity index (χ0n) is 16.1. The molecule has 2 heterocycles. The molecule has 6 heteroatoms. The Morgan fingerprint density at radius 3 is 2.43 bits per heavy atom. The van der Waals surface area contributed by atoms with Crippen LogP contribution in [0.5, 0.6) is 5.75 Å². The molecule has 2 aromatic carbocycles. The minimum absolute atomic E-state index is 0.0955. The molecule has 2 aliphatic heterocycles. The molecular formula is C22H26N3O3+. The molecule has 2 saturated heterocycles. The van der Waals surface area contributed by atoms with E-state index < -0.39 is 0 Å². The second-order valence-electron chi connectivity index (χ2n) is 7.24. The van der Waals surface area contributed by atoms with Crippen molar-refractivity contribution in [3.63, 3.8) is 0 Å². The van der Waals surface area contributed by atoms with Gasteiger partial charge in [-0.1, -0.05) is 24.3 Å². The van der Waals surface area contributed by atoms with Crippen LogP contribution in [-0.4, -0.2) is 50.6 Å². The van der Waals surface area contributed by atoms with Crippen LogP contribution in [-0.2, 0) is 9.59 Å². The lowest BCUT2D eigenvalue weighted by molar-refractivity contribution is -0.915. The summed E-state index contributed by atoms with van der Waals surface area (Å²) in [4.78, 5) is 30.6. The molecule has 146 valence electrons. The third-order valence-electron chi connectivity index (χ3n) is 5.55. The Balaban J connectivity index is 1.44. The number of nitrogens with one attached hydrogen (secondary N) is 1. The minimum Gasteiger partial charge on any atom is -0.494 e. The van der Waals surface area contributed by atoms with Crippen molar-refractivity contribution < 1.29 is 19.2 Å². The summed E-state index contributed by atoms with van der Waals surface area (Å²) in [6.45, 7) is 5.93. The number of hydrogen-bond donors (Lipinski definition) is 1. The second kappa shape index (κ2) is 8.02. The lowest BCUT2D eigenvalue weighted by Crippen LogP contribution is -3.19. The summed E-state index contributed by atoms with van der Waals surface area (Å²) in [7, 11) is 0. The monoisotopic (exact) mass is 380 g/mol. The number of carbonyl (C=O) groups excluding carboxylic acids is 2. The van der Waals surface area contributed by atoms with Gasteiger partial charge in [-0.2, -0.15) is 0 Å². The van der Waals surface area contributed by atoms with E-state index in [0.717, 1.165) is 26.2 Å². The number of quaternary nitrogens is 1. The molecule has 6 nitrogen and oxygen atoms in total. The maximum Gasteiger partial charge on any atom is 0.292 e. The zero-order valence-corrected chi connectivity index (χ0v) is 16.1. The molecule has 4 rings (SSSR count). The number of amides is 2. The normalized spacial score (nSPS) is 20.7. The van der Waals surface area contributed by atoms with Crippen LogP contribution in [0, 0.1) is 0 Å². The Morgan fingerprint density at radius 2 is 1.71 bits per heavy atom. The summed E-state index contributed by atoms with van der Waals surface area (Å²) in [6, 6.07) is 17.3. The highest BCUT2D eigenvalue weighted by molar-refractivity contribution is 6.21. The standard InChI is InChI=1S/C22H25N3O3/c1-2-28-19-10-6-9-18(15-19)25-21(26)16-20(22(25)27)24-13-11-23(12-14-24)17-7-4-3-5-8-17/h3-10,15,20H,2,11-14,16H2,1H3/p+1/t20-/m1/s1. The number of rotatable bonds is 5. The molecule has 2 aromatic rings. The van der Waals surface area contributed by atoms with Crippen LogP contribution < -0.4 is 19.4 Å². The van der Waals surface area contributed by atoms with Crippen LogP contribution in [0.4, 0.5) is 11.4 Å². The lowest BCUT2D eigenvalue weighted by Gasteiger charge is -2.35. The second-order valence-corrected chi connectivity index (χ2v) is 7.24. The van der Waals surface area contributed by atoms with Gasteiger partial charge in [0.05, 0.1) is 44.9 Å². The number of nitrogens with zero attached hydrogens (tertiary/aromatic N) is 2. The summed E-state index contributed by atoms with van der Waals surface area (Å²) in [5.41, 5.74) is 1.82. The predicted molar refractivity (Wildman–Crippen MR) is 108 cm³/mol. The van der Waals surface area contributed by atoms with Gasteiger partial charge in [-0.15, -0.1) is 0 Å². The van der Waals surface area contributed by atoms with Gasteiger partial charge in [0.25, 0.3) is 5.91 Å².